The van der Waals surface area contributed by atoms with E-state index in [2.05, 4.69) is 0 Å². The minimum atomic E-state index is -0.638. The van der Waals surface area contributed by atoms with Crippen molar-refractivity contribution < 1.29 is 29.0 Å². The number of phenolic OH excluding ortho intramolecular Hbond substituents is 1. The van der Waals surface area contributed by atoms with Gasteiger partial charge in [-0.2, -0.15) is 0 Å². The van der Waals surface area contributed by atoms with Crippen LogP contribution < -0.4 is 4.74 Å². The van der Waals surface area contributed by atoms with Gasteiger partial charge in [-0.05, 0) is 37.5 Å². The summed E-state index contributed by atoms with van der Waals surface area (Å²) in [4.78, 5) is 36.5. The Morgan fingerprint density at radius 2 is 1.96 bits per heavy atom. The van der Waals surface area contributed by atoms with Crippen molar-refractivity contribution in [1.29, 1.82) is 0 Å². The highest BCUT2D eigenvalue weighted by Crippen LogP contribution is 2.30. The predicted octanol–water partition coefficient (Wildman–Crippen LogP) is 2.76. The summed E-state index contributed by atoms with van der Waals surface area (Å²) in [5.41, 5.74) is 0.467. The van der Waals surface area contributed by atoms with Crippen LogP contribution in [0.4, 0.5) is 0 Å². The van der Waals surface area contributed by atoms with Gasteiger partial charge < -0.3 is 14.6 Å². The first kappa shape index (κ1) is 18.7. The van der Waals surface area contributed by atoms with Gasteiger partial charge >= 0.3 is 5.97 Å². The minimum Gasteiger partial charge on any atom is -0.508 e. The number of rotatable bonds is 1. The number of phenols is 1. The number of cyclic esters (lactones) is 1. The van der Waals surface area contributed by atoms with Gasteiger partial charge in [-0.25, -0.2) is 4.79 Å². The molecule has 0 fully saturated rings. The Bertz CT molecular complexity index is 704. The molecule has 25 heavy (non-hydrogen) atoms. The highest BCUT2D eigenvalue weighted by atomic mass is 16.5. The van der Waals surface area contributed by atoms with Gasteiger partial charge in [0.15, 0.2) is 5.78 Å². The Labute approximate surface area is 146 Å². The molecule has 0 saturated heterocycles. The number of Topliss-reactive ketones (excluding diaryl/α,β-unsaturated/α-hetero) is 1. The average molecular weight is 346 g/mol. The molecule has 0 unspecified atom stereocenters. The molecule has 1 aliphatic heterocycles. The molecule has 0 bridgehead atoms. The summed E-state index contributed by atoms with van der Waals surface area (Å²) < 4.78 is 10.6. The van der Waals surface area contributed by atoms with Gasteiger partial charge in [0.05, 0.1) is 13.2 Å². The topological polar surface area (TPSA) is 89.9 Å². The normalized spacial score (nSPS) is 21.0. The number of esters is 1. The Balaban J connectivity index is 2.42. The lowest BCUT2D eigenvalue weighted by molar-refractivity contribution is -0.119. The van der Waals surface area contributed by atoms with E-state index in [9.17, 15) is 19.5 Å². The number of hydrogen-bond donors (Lipinski definition) is 1. The van der Waals surface area contributed by atoms with Crippen LogP contribution >= 0.6 is 0 Å². The highest BCUT2D eigenvalue weighted by Gasteiger charge is 2.23. The zero-order valence-electron chi connectivity index (χ0n) is 14.4. The number of carbonyl (C=O) groups excluding carboxylic acids is 3. The summed E-state index contributed by atoms with van der Waals surface area (Å²) in [6.07, 6.45) is 4.13. The van der Waals surface area contributed by atoms with Gasteiger partial charge in [0.25, 0.3) is 0 Å². The molecule has 2 rings (SSSR count). The summed E-state index contributed by atoms with van der Waals surface area (Å²) in [7, 11) is 1.37. The fraction of sp³-hybridized carbons (Fsp3) is 0.421. The van der Waals surface area contributed by atoms with Crippen molar-refractivity contribution in [2.75, 3.05) is 7.11 Å². The Morgan fingerprint density at radius 3 is 2.68 bits per heavy atom. The summed E-state index contributed by atoms with van der Waals surface area (Å²) in [5, 5.41) is 9.83. The molecule has 6 nitrogen and oxygen atoms in total. The van der Waals surface area contributed by atoms with Crippen LogP contribution in [0.2, 0.25) is 0 Å². The number of allylic oxidation sites excluding steroid dienone is 2. The molecule has 1 heterocycles. The van der Waals surface area contributed by atoms with E-state index in [-0.39, 0.29) is 35.0 Å². The van der Waals surface area contributed by atoms with Crippen molar-refractivity contribution >= 4 is 17.5 Å². The molecule has 0 aliphatic carbocycles. The van der Waals surface area contributed by atoms with E-state index in [1.165, 1.54) is 25.3 Å². The number of fused-ring (bicyclic) bond motifs is 1. The monoisotopic (exact) mass is 346 g/mol. The number of benzene rings is 1. The maximum Gasteiger partial charge on any atom is 0.342 e. The fourth-order valence-corrected chi connectivity index (χ4v) is 2.68. The summed E-state index contributed by atoms with van der Waals surface area (Å²) in [6.45, 7) is 1.72. The van der Waals surface area contributed by atoms with Crippen molar-refractivity contribution in [2.45, 2.75) is 45.1 Å². The molecule has 1 atom stereocenters. The molecule has 0 radical (unpaired) electrons. The third-order valence-corrected chi connectivity index (χ3v) is 3.99. The number of ketones is 2. The summed E-state index contributed by atoms with van der Waals surface area (Å²) in [6, 6.07) is 2.67. The number of ether oxygens (including phenoxy) is 2. The molecule has 6 heteroatoms. The van der Waals surface area contributed by atoms with Gasteiger partial charge in [-0.1, -0.05) is 6.08 Å². The molecule has 0 aromatic heterocycles. The van der Waals surface area contributed by atoms with Crippen LogP contribution in [0, 0.1) is 0 Å². The van der Waals surface area contributed by atoms with Crippen LogP contribution in [0.1, 0.15) is 48.5 Å². The number of hydrogen-bond acceptors (Lipinski definition) is 6. The van der Waals surface area contributed by atoms with E-state index < -0.39 is 12.1 Å². The number of carbonyl (C=O) groups is 3. The predicted molar refractivity (Wildman–Crippen MR) is 90.9 cm³/mol. The first-order chi connectivity index (χ1) is 11.9. The Hall–Kier alpha value is -2.63. The Morgan fingerprint density at radius 1 is 1.20 bits per heavy atom. The molecular weight excluding hydrogens is 324 g/mol. The zero-order chi connectivity index (χ0) is 18.4. The molecule has 134 valence electrons. The van der Waals surface area contributed by atoms with E-state index in [1.54, 1.807) is 13.0 Å². The van der Waals surface area contributed by atoms with E-state index in [4.69, 9.17) is 9.47 Å². The van der Waals surface area contributed by atoms with Crippen LogP contribution in [-0.4, -0.2) is 35.9 Å². The quantitative estimate of drug-likeness (QED) is 0.787. The second-order valence-corrected chi connectivity index (χ2v) is 6.06. The SMILES string of the molecule is COc1cc(O)cc2c1C(=O)O[C@@H](C)CCC(=O)CC/C=C\C(=O)C2. The standard InChI is InChI=1S/C19H22O6/c1-12-7-8-14(20)5-3-4-6-15(21)9-13-10-16(22)11-17(24-2)18(13)19(23)25-12/h4,6,10-12,22H,3,5,7-9H2,1-2H3/b6-4-/t12-/m0/s1. The second-order valence-electron chi connectivity index (χ2n) is 6.06. The van der Waals surface area contributed by atoms with E-state index in [0.29, 0.717) is 31.2 Å². The van der Waals surface area contributed by atoms with Crippen molar-refractivity contribution in [1.82, 2.24) is 0 Å². The van der Waals surface area contributed by atoms with E-state index >= 15 is 0 Å². The van der Waals surface area contributed by atoms with Crippen molar-refractivity contribution in [3.63, 3.8) is 0 Å². The third-order valence-electron chi connectivity index (χ3n) is 3.99. The van der Waals surface area contributed by atoms with Crippen molar-refractivity contribution in [2.24, 2.45) is 0 Å². The molecular formula is C19H22O6. The maximum absolute atomic E-state index is 12.6. The van der Waals surface area contributed by atoms with Gasteiger partial charge in [0, 0.05) is 25.3 Å². The lowest BCUT2D eigenvalue weighted by Crippen LogP contribution is -2.19. The lowest BCUT2D eigenvalue weighted by Gasteiger charge is -2.17. The minimum absolute atomic E-state index is 0.0694. The van der Waals surface area contributed by atoms with Crippen LogP contribution in [0.15, 0.2) is 24.3 Å². The number of methoxy groups -OCH3 is 1. The molecule has 1 aromatic carbocycles. The largest absolute Gasteiger partial charge is 0.508 e. The van der Waals surface area contributed by atoms with Crippen LogP contribution in [0.3, 0.4) is 0 Å². The molecule has 1 aliphatic rings. The van der Waals surface area contributed by atoms with Crippen LogP contribution in [0.25, 0.3) is 0 Å². The molecule has 1 aromatic rings. The van der Waals surface area contributed by atoms with Crippen molar-refractivity contribution in [3.8, 4) is 11.5 Å². The summed E-state index contributed by atoms with van der Waals surface area (Å²) >= 11 is 0. The van der Waals surface area contributed by atoms with E-state index in [0.717, 1.165) is 0 Å². The Kier molecular flexibility index (Phi) is 6.33. The van der Waals surface area contributed by atoms with Gasteiger partial charge in [0.2, 0.25) is 0 Å². The van der Waals surface area contributed by atoms with Gasteiger partial charge in [0.1, 0.15) is 22.8 Å². The number of aromatic hydroxyl groups is 1. The second kappa shape index (κ2) is 8.46. The van der Waals surface area contributed by atoms with Crippen LogP contribution in [0.5, 0.6) is 11.5 Å². The first-order valence-corrected chi connectivity index (χ1v) is 8.22. The zero-order valence-corrected chi connectivity index (χ0v) is 14.4. The molecule has 0 amide bonds. The van der Waals surface area contributed by atoms with Gasteiger partial charge in [-0.15, -0.1) is 0 Å². The van der Waals surface area contributed by atoms with E-state index in [1.807, 2.05) is 0 Å². The molecule has 1 N–H and O–H groups in total. The smallest absolute Gasteiger partial charge is 0.342 e. The van der Waals surface area contributed by atoms with Gasteiger partial charge in [-0.3, -0.25) is 9.59 Å². The van der Waals surface area contributed by atoms with Crippen molar-refractivity contribution in [3.05, 3.63) is 35.4 Å². The highest BCUT2D eigenvalue weighted by molar-refractivity contribution is 5.98. The maximum atomic E-state index is 12.6. The molecule has 0 saturated carbocycles. The first-order valence-electron chi connectivity index (χ1n) is 8.22. The summed E-state index contributed by atoms with van der Waals surface area (Å²) in [5.74, 6) is -0.757. The lowest BCUT2D eigenvalue weighted by atomic mass is 9.99. The molecule has 0 spiro atoms. The average Bonchev–Trinajstić information content (AvgIpc) is 2.55. The van der Waals surface area contributed by atoms with Crippen LogP contribution in [-0.2, 0) is 20.7 Å². The third kappa shape index (κ3) is 5.17. The fourth-order valence-electron chi connectivity index (χ4n) is 2.68.